The van der Waals surface area contributed by atoms with Gasteiger partial charge in [0.1, 0.15) is 0 Å². The molecule has 0 N–H and O–H groups in total. The second kappa shape index (κ2) is 5.13. The maximum atomic E-state index is 12.5. The van der Waals surface area contributed by atoms with Crippen LogP contribution in [0.4, 0.5) is 18.9 Å². The van der Waals surface area contributed by atoms with E-state index in [1.54, 1.807) is 0 Å². The minimum atomic E-state index is -4.35. The van der Waals surface area contributed by atoms with Gasteiger partial charge in [0.25, 0.3) is 0 Å². The Balaban J connectivity index is 3.24. The Hall–Kier alpha value is -1.63. The minimum Gasteiger partial charge on any atom is -0.371 e. The summed E-state index contributed by atoms with van der Waals surface area (Å²) in [6, 6.07) is 3.52. The van der Waals surface area contributed by atoms with Crippen LogP contribution in [0.2, 0.25) is 0 Å². The van der Waals surface area contributed by atoms with Crippen molar-refractivity contribution in [2.75, 3.05) is 18.0 Å². The van der Waals surface area contributed by atoms with Crippen LogP contribution in [0, 0.1) is 12.3 Å². The van der Waals surface area contributed by atoms with Gasteiger partial charge < -0.3 is 4.90 Å². The fraction of sp³-hybridized carbons (Fsp3) is 0.385. The molecule has 0 unspecified atom stereocenters. The van der Waals surface area contributed by atoms with Crippen molar-refractivity contribution in [3.63, 3.8) is 0 Å². The lowest BCUT2D eigenvalue weighted by Crippen LogP contribution is -2.23. The van der Waals surface area contributed by atoms with Gasteiger partial charge in [-0.25, -0.2) is 0 Å². The molecule has 0 saturated carbocycles. The maximum absolute atomic E-state index is 12.5. The van der Waals surface area contributed by atoms with E-state index in [1.165, 1.54) is 6.07 Å². The summed E-state index contributed by atoms with van der Waals surface area (Å²) in [4.78, 5) is 1.93. The molecule has 1 aromatic carbocycles. The van der Waals surface area contributed by atoms with E-state index in [-0.39, 0.29) is 5.56 Å². The molecule has 0 aliphatic heterocycles. The Morgan fingerprint density at radius 1 is 1.24 bits per heavy atom. The summed E-state index contributed by atoms with van der Waals surface area (Å²) in [5.74, 6) is 2.32. The van der Waals surface area contributed by atoms with Gasteiger partial charge >= 0.3 is 6.18 Å². The first kappa shape index (κ1) is 13.4. The molecular weight excluding hydrogens is 227 g/mol. The van der Waals surface area contributed by atoms with Crippen LogP contribution in [-0.2, 0) is 6.18 Å². The number of benzene rings is 1. The Labute approximate surface area is 99.2 Å². The van der Waals surface area contributed by atoms with Gasteiger partial charge in [0, 0.05) is 18.7 Å². The normalized spacial score (nSPS) is 11.1. The van der Waals surface area contributed by atoms with Crippen molar-refractivity contribution < 1.29 is 13.2 Å². The molecule has 0 aromatic heterocycles. The average Bonchev–Trinajstić information content (AvgIpc) is 2.29. The monoisotopic (exact) mass is 241 g/mol. The van der Waals surface area contributed by atoms with E-state index in [0.29, 0.717) is 18.8 Å². The molecule has 0 aliphatic carbocycles. The summed E-state index contributed by atoms with van der Waals surface area (Å²) in [6.45, 7) is 5.27. The van der Waals surface area contributed by atoms with E-state index in [9.17, 15) is 13.2 Å². The standard InChI is InChI=1S/C13H14F3N/c1-4-10-9-11(13(14,15)16)7-8-12(10)17(5-2)6-3/h1,7-9H,5-6H2,2-3H3. The molecule has 0 aliphatic rings. The molecule has 0 heterocycles. The minimum absolute atomic E-state index is 0.281. The number of alkyl halides is 3. The number of hydrogen-bond donors (Lipinski definition) is 0. The van der Waals surface area contributed by atoms with Crippen molar-refractivity contribution in [2.45, 2.75) is 20.0 Å². The van der Waals surface area contributed by atoms with Crippen molar-refractivity contribution in [1.29, 1.82) is 0 Å². The van der Waals surface area contributed by atoms with E-state index < -0.39 is 11.7 Å². The number of halogens is 3. The van der Waals surface area contributed by atoms with Gasteiger partial charge in [-0.3, -0.25) is 0 Å². The van der Waals surface area contributed by atoms with E-state index in [0.717, 1.165) is 12.1 Å². The quantitative estimate of drug-likeness (QED) is 0.732. The Morgan fingerprint density at radius 3 is 2.24 bits per heavy atom. The van der Waals surface area contributed by atoms with Gasteiger partial charge in [-0.2, -0.15) is 13.2 Å². The first-order chi connectivity index (χ1) is 7.93. The molecule has 17 heavy (non-hydrogen) atoms. The molecule has 0 saturated heterocycles. The van der Waals surface area contributed by atoms with Gasteiger partial charge in [-0.15, -0.1) is 6.42 Å². The number of nitrogens with zero attached hydrogens (tertiary/aromatic N) is 1. The van der Waals surface area contributed by atoms with E-state index in [2.05, 4.69) is 5.92 Å². The third-order valence-electron chi connectivity index (χ3n) is 2.58. The first-order valence-corrected chi connectivity index (χ1v) is 5.36. The molecule has 0 radical (unpaired) electrons. The van der Waals surface area contributed by atoms with Crippen LogP contribution < -0.4 is 4.90 Å². The number of rotatable bonds is 3. The van der Waals surface area contributed by atoms with Crippen LogP contribution >= 0.6 is 0 Å². The molecule has 1 aromatic rings. The predicted octanol–water partition coefficient (Wildman–Crippen LogP) is 3.53. The molecule has 0 spiro atoms. The van der Waals surface area contributed by atoms with Crippen LogP contribution in [0.3, 0.4) is 0 Å². The second-order valence-corrected chi connectivity index (χ2v) is 3.55. The Kier molecular flexibility index (Phi) is 4.06. The highest BCUT2D eigenvalue weighted by atomic mass is 19.4. The fourth-order valence-electron chi connectivity index (χ4n) is 1.67. The van der Waals surface area contributed by atoms with E-state index >= 15 is 0 Å². The van der Waals surface area contributed by atoms with Crippen LogP contribution in [0.1, 0.15) is 25.0 Å². The fourth-order valence-corrected chi connectivity index (χ4v) is 1.67. The zero-order valence-corrected chi connectivity index (χ0v) is 9.80. The summed E-state index contributed by atoms with van der Waals surface area (Å²) in [6.07, 6.45) is 0.912. The smallest absolute Gasteiger partial charge is 0.371 e. The number of anilines is 1. The highest BCUT2D eigenvalue weighted by molar-refractivity contribution is 5.61. The SMILES string of the molecule is C#Cc1cc(C(F)(F)F)ccc1N(CC)CC. The first-order valence-electron chi connectivity index (χ1n) is 5.36. The van der Waals surface area contributed by atoms with Gasteiger partial charge in [-0.1, -0.05) is 5.92 Å². The molecule has 4 heteroatoms. The topological polar surface area (TPSA) is 3.24 Å². The third kappa shape index (κ3) is 2.94. The maximum Gasteiger partial charge on any atom is 0.416 e. The lowest BCUT2D eigenvalue weighted by atomic mass is 10.1. The van der Waals surface area contributed by atoms with Crippen LogP contribution in [0.15, 0.2) is 18.2 Å². The largest absolute Gasteiger partial charge is 0.416 e. The van der Waals surface area contributed by atoms with Gasteiger partial charge in [0.15, 0.2) is 0 Å². The van der Waals surface area contributed by atoms with Crippen molar-refractivity contribution in [3.8, 4) is 12.3 Å². The summed E-state index contributed by atoms with van der Waals surface area (Å²) in [5, 5.41) is 0. The molecule has 0 fully saturated rings. The molecule has 92 valence electrons. The van der Waals surface area contributed by atoms with Crippen LogP contribution in [0.25, 0.3) is 0 Å². The molecule has 0 atom stereocenters. The van der Waals surface area contributed by atoms with Gasteiger partial charge in [0.05, 0.1) is 11.3 Å². The zero-order chi connectivity index (χ0) is 13.1. The number of hydrogen-bond acceptors (Lipinski definition) is 1. The zero-order valence-electron chi connectivity index (χ0n) is 9.80. The predicted molar refractivity (Wildman–Crippen MR) is 62.9 cm³/mol. The van der Waals surface area contributed by atoms with Crippen molar-refractivity contribution >= 4 is 5.69 Å². The van der Waals surface area contributed by atoms with Gasteiger partial charge in [-0.05, 0) is 32.0 Å². The average molecular weight is 241 g/mol. The number of terminal acetylenes is 1. The lowest BCUT2D eigenvalue weighted by Gasteiger charge is -2.23. The molecule has 0 bridgehead atoms. The van der Waals surface area contributed by atoms with E-state index in [1.807, 2.05) is 18.7 Å². The molecular formula is C13H14F3N. The highest BCUT2D eigenvalue weighted by Crippen LogP contribution is 2.32. The molecule has 0 amide bonds. The Bertz CT molecular complexity index is 425. The van der Waals surface area contributed by atoms with Gasteiger partial charge in [0.2, 0.25) is 0 Å². The summed E-state index contributed by atoms with van der Waals surface area (Å²) in [5.41, 5.74) is 0.246. The lowest BCUT2D eigenvalue weighted by molar-refractivity contribution is -0.137. The Morgan fingerprint density at radius 2 is 1.82 bits per heavy atom. The third-order valence-corrected chi connectivity index (χ3v) is 2.58. The highest BCUT2D eigenvalue weighted by Gasteiger charge is 2.31. The van der Waals surface area contributed by atoms with Crippen molar-refractivity contribution in [1.82, 2.24) is 0 Å². The van der Waals surface area contributed by atoms with Crippen molar-refractivity contribution in [2.24, 2.45) is 0 Å². The summed E-state index contributed by atoms with van der Waals surface area (Å²) >= 11 is 0. The van der Waals surface area contributed by atoms with Crippen molar-refractivity contribution in [3.05, 3.63) is 29.3 Å². The molecule has 1 rings (SSSR count). The second-order valence-electron chi connectivity index (χ2n) is 3.55. The van der Waals surface area contributed by atoms with E-state index in [4.69, 9.17) is 6.42 Å². The summed E-state index contributed by atoms with van der Waals surface area (Å²) in [7, 11) is 0. The van der Waals surface area contributed by atoms with Crippen LogP contribution in [-0.4, -0.2) is 13.1 Å². The summed E-state index contributed by atoms with van der Waals surface area (Å²) < 4.78 is 37.6. The van der Waals surface area contributed by atoms with Crippen LogP contribution in [0.5, 0.6) is 0 Å². The molecule has 1 nitrogen and oxygen atoms in total.